The molecule has 43 heavy (non-hydrogen) atoms. The normalized spacial score (nSPS) is 45.3. The van der Waals surface area contributed by atoms with Gasteiger partial charge in [-0.05, 0) is 0 Å². The summed E-state index contributed by atoms with van der Waals surface area (Å²) in [5.74, 6) is -5.74. The van der Waals surface area contributed by atoms with E-state index in [1.165, 1.54) is 0 Å². The lowest BCUT2D eigenvalue weighted by Crippen LogP contribution is -2.70. The molecule has 0 saturated carbocycles. The fraction of sp³-hybridized carbons (Fsp3) is 0.913. The van der Waals surface area contributed by atoms with Gasteiger partial charge in [-0.3, -0.25) is 4.79 Å². The van der Waals surface area contributed by atoms with E-state index in [1.54, 1.807) is 0 Å². The van der Waals surface area contributed by atoms with Crippen molar-refractivity contribution in [2.24, 2.45) is 0 Å². The molecule has 3 aliphatic heterocycles. The van der Waals surface area contributed by atoms with E-state index in [2.05, 4.69) is 5.32 Å². The molecular formula is C23H39NO19. The topological polar surface area (TPSA) is 335 Å². The van der Waals surface area contributed by atoms with E-state index in [9.17, 15) is 70.9 Å². The smallest absolute Gasteiger partial charge is 0.364 e. The Labute approximate surface area is 243 Å². The van der Waals surface area contributed by atoms with Gasteiger partial charge in [0.05, 0.1) is 32.0 Å². The second kappa shape index (κ2) is 14.6. The number of carboxylic acids is 1. The van der Waals surface area contributed by atoms with Gasteiger partial charge in [0.15, 0.2) is 12.6 Å². The van der Waals surface area contributed by atoms with Crippen LogP contribution in [0, 0.1) is 0 Å². The molecule has 20 nitrogen and oxygen atoms in total. The Morgan fingerprint density at radius 1 is 0.907 bits per heavy atom. The largest absolute Gasteiger partial charge is 0.477 e. The van der Waals surface area contributed by atoms with Crippen molar-refractivity contribution >= 4 is 11.9 Å². The zero-order chi connectivity index (χ0) is 32.4. The summed E-state index contributed by atoms with van der Waals surface area (Å²) in [5, 5.41) is 124. The zero-order valence-corrected chi connectivity index (χ0v) is 22.7. The third kappa shape index (κ3) is 7.41. The first-order valence-electron chi connectivity index (χ1n) is 13.2. The average molecular weight is 634 g/mol. The minimum Gasteiger partial charge on any atom is -0.477 e. The summed E-state index contributed by atoms with van der Waals surface area (Å²) in [6.07, 6.45) is -27.8. The first-order chi connectivity index (χ1) is 20.1. The van der Waals surface area contributed by atoms with Crippen LogP contribution in [0.3, 0.4) is 0 Å². The number of aliphatic hydroxyl groups excluding tert-OH is 11. The first-order valence-corrected chi connectivity index (χ1v) is 13.2. The molecule has 6 unspecified atom stereocenters. The Morgan fingerprint density at radius 3 is 2.07 bits per heavy atom. The lowest BCUT2D eigenvalue weighted by molar-refractivity contribution is -0.385. The van der Waals surface area contributed by atoms with Crippen LogP contribution >= 0.6 is 0 Å². The Balaban J connectivity index is 1.94. The second-order valence-corrected chi connectivity index (χ2v) is 10.5. The van der Waals surface area contributed by atoms with E-state index < -0.39 is 136 Å². The SMILES string of the molecule is CC(=O)N[C@H]1C([C@@H](O)[C@H](O)CO)O[C@@](O[C@@H]2C(O)[C@H](O[C@@H]3C(CO)OC(O)C(O)[C@H]3O)OC(CO)[C@@H]2O)(C(=O)O)C[C@H]1O. The molecule has 0 bridgehead atoms. The van der Waals surface area contributed by atoms with Gasteiger partial charge in [-0.2, -0.15) is 0 Å². The number of carbonyl (C=O) groups excluding carboxylic acids is 1. The van der Waals surface area contributed by atoms with E-state index in [0.717, 1.165) is 6.92 Å². The van der Waals surface area contributed by atoms with Crippen molar-refractivity contribution in [2.75, 3.05) is 19.8 Å². The number of amides is 1. The third-order valence-electron chi connectivity index (χ3n) is 7.47. The van der Waals surface area contributed by atoms with Crippen molar-refractivity contribution in [3.63, 3.8) is 0 Å². The van der Waals surface area contributed by atoms with E-state index in [0.29, 0.717) is 0 Å². The summed E-state index contributed by atoms with van der Waals surface area (Å²) in [5.41, 5.74) is 0. The predicted octanol–water partition coefficient (Wildman–Crippen LogP) is -8.22. The highest BCUT2D eigenvalue weighted by Gasteiger charge is 2.60. The van der Waals surface area contributed by atoms with Gasteiger partial charge in [0.1, 0.15) is 67.1 Å². The minimum atomic E-state index is -3.02. The van der Waals surface area contributed by atoms with Crippen LogP contribution in [-0.2, 0) is 33.3 Å². The molecule has 13 N–H and O–H groups in total. The van der Waals surface area contributed by atoms with Gasteiger partial charge in [0.25, 0.3) is 5.79 Å². The summed E-state index contributed by atoms with van der Waals surface area (Å²) in [7, 11) is 0. The number of carboxylic acid groups (broad SMARTS) is 1. The minimum absolute atomic E-state index is 0.749. The van der Waals surface area contributed by atoms with Crippen LogP contribution in [0.1, 0.15) is 13.3 Å². The molecule has 3 saturated heterocycles. The summed E-state index contributed by atoms with van der Waals surface area (Å²) in [6, 6.07) is -1.54. The Bertz CT molecular complexity index is 942. The van der Waals surface area contributed by atoms with Crippen LogP contribution in [0.4, 0.5) is 0 Å². The van der Waals surface area contributed by atoms with Crippen molar-refractivity contribution in [2.45, 2.75) is 111 Å². The number of ether oxygens (including phenoxy) is 5. The molecular weight excluding hydrogens is 594 g/mol. The molecule has 250 valence electrons. The van der Waals surface area contributed by atoms with Crippen LogP contribution in [0.25, 0.3) is 0 Å². The number of aliphatic carboxylic acids is 1. The lowest BCUT2D eigenvalue weighted by Gasteiger charge is -2.50. The molecule has 20 heteroatoms. The van der Waals surface area contributed by atoms with Crippen molar-refractivity contribution in [3.8, 4) is 0 Å². The van der Waals surface area contributed by atoms with Gasteiger partial charge < -0.3 is 90.3 Å². The Hall–Kier alpha value is -1.70. The molecule has 0 aliphatic carbocycles. The highest BCUT2D eigenvalue weighted by molar-refractivity contribution is 5.76. The van der Waals surface area contributed by atoms with Crippen molar-refractivity contribution in [1.29, 1.82) is 0 Å². The summed E-state index contributed by atoms with van der Waals surface area (Å²) >= 11 is 0. The highest BCUT2D eigenvalue weighted by atomic mass is 16.8. The molecule has 0 aromatic heterocycles. The summed E-state index contributed by atoms with van der Waals surface area (Å²) in [4.78, 5) is 24.3. The van der Waals surface area contributed by atoms with Crippen LogP contribution in [-0.4, -0.2) is 191 Å². The van der Waals surface area contributed by atoms with Gasteiger partial charge in [-0.25, -0.2) is 4.79 Å². The molecule has 3 heterocycles. The van der Waals surface area contributed by atoms with Crippen molar-refractivity contribution < 1.29 is 94.6 Å². The number of nitrogens with one attached hydrogen (secondary N) is 1. The number of aliphatic hydroxyl groups is 11. The van der Waals surface area contributed by atoms with Crippen LogP contribution in [0.2, 0.25) is 0 Å². The summed E-state index contributed by atoms with van der Waals surface area (Å²) < 4.78 is 26.8. The molecule has 0 radical (unpaired) electrons. The number of hydrogen-bond acceptors (Lipinski definition) is 18. The number of rotatable bonds is 11. The standard InChI is InChI=1S/C23H39NO19/c1-6(28)24-11-7(29)2-23(22(37)38,42-18(11)12(31)8(30)3-25)43-19-13(32)9(4-26)40-21(16(19)35)41-17-10(5-27)39-20(36)15(34)14(17)33/h7-21,25-27,29-36H,2-5H2,1H3,(H,24,28)(H,37,38)/t7-,8-,9?,10?,11-,12+,13+,14-,15?,16?,17-,18?,19+,20?,21+,23+/m1/s1. The maximum absolute atomic E-state index is 12.5. The summed E-state index contributed by atoms with van der Waals surface area (Å²) in [6.45, 7) is -1.85. The Kier molecular flexibility index (Phi) is 12.1. The van der Waals surface area contributed by atoms with E-state index in [-0.39, 0.29) is 0 Å². The van der Waals surface area contributed by atoms with Gasteiger partial charge in [-0.1, -0.05) is 0 Å². The predicted molar refractivity (Wildman–Crippen MR) is 130 cm³/mol. The molecule has 0 spiro atoms. The van der Waals surface area contributed by atoms with Crippen LogP contribution in [0.15, 0.2) is 0 Å². The van der Waals surface area contributed by atoms with Gasteiger partial charge in [-0.15, -0.1) is 0 Å². The molecule has 16 atom stereocenters. The maximum Gasteiger partial charge on any atom is 0.364 e. The lowest BCUT2D eigenvalue weighted by atomic mass is 9.88. The molecule has 3 rings (SSSR count). The fourth-order valence-electron chi connectivity index (χ4n) is 5.16. The molecule has 0 aromatic rings. The van der Waals surface area contributed by atoms with Gasteiger partial charge in [0.2, 0.25) is 5.91 Å². The Morgan fingerprint density at radius 2 is 1.53 bits per heavy atom. The monoisotopic (exact) mass is 633 g/mol. The quantitative estimate of drug-likeness (QED) is 0.100. The average Bonchev–Trinajstić information content (AvgIpc) is 2.96. The van der Waals surface area contributed by atoms with Gasteiger partial charge >= 0.3 is 5.97 Å². The number of carbonyl (C=O) groups is 2. The van der Waals surface area contributed by atoms with E-state index >= 15 is 0 Å². The first kappa shape index (κ1) is 35.8. The number of hydrogen-bond donors (Lipinski definition) is 13. The van der Waals surface area contributed by atoms with Gasteiger partial charge in [0, 0.05) is 13.3 Å². The third-order valence-corrected chi connectivity index (χ3v) is 7.47. The van der Waals surface area contributed by atoms with E-state index in [1.807, 2.05) is 0 Å². The maximum atomic E-state index is 12.5. The second-order valence-electron chi connectivity index (χ2n) is 10.5. The molecule has 1 amide bonds. The fourth-order valence-corrected chi connectivity index (χ4v) is 5.16. The van der Waals surface area contributed by atoms with Crippen molar-refractivity contribution in [1.82, 2.24) is 5.32 Å². The van der Waals surface area contributed by atoms with Crippen molar-refractivity contribution in [3.05, 3.63) is 0 Å². The van der Waals surface area contributed by atoms with Crippen LogP contribution < -0.4 is 5.32 Å². The van der Waals surface area contributed by atoms with Crippen LogP contribution in [0.5, 0.6) is 0 Å². The molecule has 3 fully saturated rings. The van der Waals surface area contributed by atoms with E-state index in [4.69, 9.17) is 23.7 Å². The molecule has 3 aliphatic rings. The molecule has 0 aromatic carbocycles. The zero-order valence-electron chi connectivity index (χ0n) is 22.7. The highest BCUT2D eigenvalue weighted by Crippen LogP contribution is 2.38.